The third-order valence-corrected chi connectivity index (χ3v) is 4.17. The smallest absolute Gasteiger partial charge is 0.124 e. The quantitative estimate of drug-likeness (QED) is 0.760. The van der Waals surface area contributed by atoms with Crippen molar-refractivity contribution < 1.29 is 9.84 Å². The summed E-state index contributed by atoms with van der Waals surface area (Å²) in [5.74, 6) is 1.62. The molecule has 120 valence electrons. The Morgan fingerprint density at radius 3 is 2.19 bits per heavy atom. The normalized spacial score (nSPS) is 13.2. The molecule has 1 aromatic rings. The molecular formula is C18H31NO2. The van der Waals surface area contributed by atoms with Gasteiger partial charge in [0.15, 0.2) is 0 Å². The molecule has 0 radical (unpaired) electrons. The van der Waals surface area contributed by atoms with Crippen molar-refractivity contribution in [2.45, 2.75) is 59.5 Å². The Morgan fingerprint density at radius 1 is 1.14 bits per heavy atom. The van der Waals surface area contributed by atoms with Crippen LogP contribution in [0, 0.1) is 5.92 Å². The van der Waals surface area contributed by atoms with Gasteiger partial charge in [-0.15, -0.1) is 0 Å². The summed E-state index contributed by atoms with van der Waals surface area (Å²) in [5, 5.41) is 10.3. The van der Waals surface area contributed by atoms with E-state index in [4.69, 9.17) is 4.74 Å². The van der Waals surface area contributed by atoms with E-state index in [1.54, 1.807) is 13.2 Å². The second-order valence-electron chi connectivity index (χ2n) is 6.16. The zero-order chi connectivity index (χ0) is 16.0. The van der Waals surface area contributed by atoms with E-state index in [1.165, 1.54) is 0 Å². The summed E-state index contributed by atoms with van der Waals surface area (Å²) in [6.07, 6.45) is 2.26. The topological polar surface area (TPSA) is 32.7 Å². The van der Waals surface area contributed by atoms with Crippen LogP contribution in [0.15, 0.2) is 18.2 Å². The van der Waals surface area contributed by atoms with Gasteiger partial charge in [0.25, 0.3) is 0 Å². The van der Waals surface area contributed by atoms with Crippen molar-refractivity contribution >= 4 is 0 Å². The van der Waals surface area contributed by atoms with Gasteiger partial charge < -0.3 is 9.84 Å². The van der Waals surface area contributed by atoms with Gasteiger partial charge in [0.2, 0.25) is 0 Å². The molecule has 0 heterocycles. The molecule has 0 spiro atoms. The lowest BCUT2D eigenvalue weighted by Crippen LogP contribution is -2.39. The Balaban J connectivity index is 3.06. The van der Waals surface area contributed by atoms with E-state index in [0.29, 0.717) is 23.5 Å². The first-order valence-electron chi connectivity index (χ1n) is 8.07. The van der Waals surface area contributed by atoms with Gasteiger partial charge in [0.05, 0.1) is 7.11 Å². The fourth-order valence-electron chi connectivity index (χ4n) is 2.99. The van der Waals surface area contributed by atoms with Crippen LogP contribution >= 0.6 is 0 Å². The SMILES string of the molecule is CCC(CC)N(CC(C)C)C(C)c1ccc(OC)cc1O. The minimum absolute atomic E-state index is 0.197. The third kappa shape index (κ3) is 4.63. The van der Waals surface area contributed by atoms with Crippen LogP contribution in [0.4, 0.5) is 0 Å². The van der Waals surface area contributed by atoms with Crippen molar-refractivity contribution in [1.82, 2.24) is 4.90 Å². The van der Waals surface area contributed by atoms with Crippen molar-refractivity contribution in [2.75, 3.05) is 13.7 Å². The minimum Gasteiger partial charge on any atom is -0.507 e. The predicted molar refractivity (Wildman–Crippen MR) is 89.0 cm³/mol. The van der Waals surface area contributed by atoms with Gasteiger partial charge in [0, 0.05) is 30.3 Å². The lowest BCUT2D eigenvalue weighted by Gasteiger charge is -2.37. The molecule has 0 bridgehead atoms. The van der Waals surface area contributed by atoms with Crippen LogP contribution in [0.5, 0.6) is 11.5 Å². The number of rotatable bonds is 8. The minimum atomic E-state index is 0.197. The molecule has 3 nitrogen and oxygen atoms in total. The summed E-state index contributed by atoms with van der Waals surface area (Å²) in [4.78, 5) is 2.52. The Bertz CT molecular complexity index is 427. The van der Waals surface area contributed by atoms with Crippen LogP contribution in [0.1, 0.15) is 59.1 Å². The third-order valence-electron chi connectivity index (χ3n) is 4.17. The fraction of sp³-hybridized carbons (Fsp3) is 0.667. The Kier molecular flexibility index (Phi) is 7.03. The molecule has 21 heavy (non-hydrogen) atoms. The molecule has 0 saturated heterocycles. The Labute approximate surface area is 129 Å². The maximum Gasteiger partial charge on any atom is 0.124 e. The van der Waals surface area contributed by atoms with Gasteiger partial charge in [0.1, 0.15) is 11.5 Å². The van der Waals surface area contributed by atoms with Gasteiger partial charge in [-0.25, -0.2) is 0 Å². The number of phenolic OH excluding ortho intramolecular Hbond substituents is 1. The van der Waals surface area contributed by atoms with Gasteiger partial charge in [-0.1, -0.05) is 33.8 Å². The second-order valence-corrected chi connectivity index (χ2v) is 6.16. The summed E-state index contributed by atoms with van der Waals surface area (Å²) in [6, 6.07) is 6.35. The van der Waals surface area contributed by atoms with Crippen molar-refractivity contribution in [3.8, 4) is 11.5 Å². The standard InChI is InChI=1S/C18H31NO2/c1-7-15(8-2)19(12-13(3)4)14(5)17-10-9-16(21-6)11-18(17)20/h9-11,13-15,20H,7-8,12H2,1-6H3. The average molecular weight is 293 g/mol. The second kappa shape index (κ2) is 8.28. The number of hydrogen-bond acceptors (Lipinski definition) is 3. The molecule has 0 aromatic heterocycles. The van der Waals surface area contributed by atoms with E-state index in [1.807, 2.05) is 12.1 Å². The molecule has 1 N–H and O–H groups in total. The molecule has 0 aliphatic heterocycles. The van der Waals surface area contributed by atoms with Gasteiger partial charge in [-0.2, -0.15) is 0 Å². The maximum atomic E-state index is 10.3. The number of benzene rings is 1. The van der Waals surface area contributed by atoms with Crippen molar-refractivity contribution in [2.24, 2.45) is 5.92 Å². The van der Waals surface area contributed by atoms with Crippen LogP contribution < -0.4 is 4.74 Å². The number of phenols is 1. The fourth-order valence-corrected chi connectivity index (χ4v) is 2.99. The van der Waals surface area contributed by atoms with Crippen molar-refractivity contribution in [3.63, 3.8) is 0 Å². The van der Waals surface area contributed by atoms with Gasteiger partial charge in [-0.05, 0) is 31.7 Å². The van der Waals surface area contributed by atoms with Crippen LogP contribution in [0.2, 0.25) is 0 Å². The van der Waals surface area contributed by atoms with Crippen molar-refractivity contribution in [1.29, 1.82) is 0 Å². The number of ether oxygens (including phenoxy) is 1. The van der Waals surface area contributed by atoms with E-state index in [9.17, 15) is 5.11 Å². The van der Waals surface area contributed by atoms with E-state index >= 15 is 0 Å². The molecule has 0 fully saturated rings. The lowest BCUT2D eigenvalue weighted by molar-refractivity contribution is 0.116. The van der Waals surface area contributed by atoms with Gasteiger partial charge >= 0.3 is 0 Å². The first-order chi connectivity index (χ1) is 9.94. The first-order valence-corrected chi connectivity index (χ1v) is 8.07. The highest BCUT2D eigenvalue weighted by molar-refractivity contribution is 5.41. The predicted octanol–water partition coefficient (Wildman–Crippen LogP) is 4.61. The summed E-state index contributed by atoms with van der Waals surface area (Å²) in [5.41, 5.74) is 0.975. The number of methoxy groups -OCH3 is 1. The lowest BCUT2D eigenvalue weighted by atomic mass is 9.99. The van der Waals surface area contributed by atoms with E-state index < -0.39 is 0 Å². The Hall–Kier alpha value is -1.22. The molecular weight excluding hydrogens is 262 g/mol. The van der Waals surface area contributed by atoms with Crippen LogP contribution in [0.25, 0.3) is 0 Å². The molecule has 1 atom stereocenters. The highest BCUT2D eigenvalue weighted by Crippen LogP contribution is 2.34. The molecule has 1 rings (SSSR count). The number of hydrogen-bond donors (Lipinski definition) is 1. The Morgan fingerprint density at radius 2 is 1.76 bits per heavy atom. The highest BCUT2D eigenvalue weighted by Gasteiger charge is 2.25. The zero-order valence-corrected chi connectivity index (χ0v) is 14.4. The molecule has 0 saturated carbocycles. The maximum absolute atomic E-state index is 10.3. The van der Waals surface area contributed by atoms with E-state index in [0.717, 1.165) is 24.9 Å². The average Bonchev–Trinajstić information content (AvgIpc) is 2.46. The number of nitrogens with zero attached hydrogens (tertiary/aromatic N) is 1. The summed E-state index contributed by atoms with van der Waals surface area (Å²) >= 11 is 0. The molecule has 1 unspecified atom stereocenters. The van der Waals surface area contributed by atoms with Crippen molar-refractivity contribution in [3.05, 3.63) is 23.8 Å². The molecule has 3 heteroatoms. The molecule has 0 amide bonds. The molecule has 0 aliphatic rings. The van der Waals surface area contributed by atoms with Crippen LogP contribution in [0.3, 0.4) is 0 Å². The van der Waals surface area contributed by atoms with E-state index in [-0.39, 0.29) is 6.04 Å². The molecule has 1 aromatic carbocycles. The largest absolute Gasteiger partial charge is 0.507 e. The highest BCUT2D eigenvalue weighted by atomic mass is 16.5. The molecule has 0 aliphatic carbocycles. The summed E-state index contributed by atoms with van der Waals surface area (Å²) in [6.45, 7) is 12.2. The monoisotopic (exact) mass is 293 g/mol. The van der Waals surface area contributed by atoms with Crippen LogP contribution in [-0.4, -0.2) is 29.7 Å². The summed E-state index contributed by atoms with van der Waals surface area (Å²) in [7, 11) is 1.62. The first kappa shape index (κ1) is 17.8. The zero-order valence-electron chi connectivity index (χ0n) is 14.4. The van der Waals surface area contributed by atoms with E-state index in [2.05, 4.69) is 39.5 Å². The van der Waals surface area contributed by atoms with Gasteiger partial charge in [-0.3, -0.25) is 4.90 Å². The number of aromatic hydroxyl groups is 1. The van der Waals surface area contributed by atoms with Crippen LogP contribution in [-0.2, 0) is 0 Å². The summed E-state index contributed by atoms with van der Waals surface area (Å²) < 4.78 is 5.17.